The Labute approximate surface area is 185 Å². The van der Waals surface area contributed by atoms with E-state index in [1.807, 2.05) is 0 Å². The normalized spacial score (nSPS) is 11.8. The summed E-state index contributed by atoms with van der Waals surface area (Å²) < 4.78 is 68.7. The maximum Gasteiger partial charge on any atom is 0.446 e. The first kappa shape index (κ1) is 23.1. The molecule has 0 aliphatic heterocycles. The fourth-order valence-electron chi connectivity index (χ4n) is 2.63. The molecule has 0 radical (unpaired) electrons. The van der Waals surface area contributed by atoms with Gasteiger partial charge in [-0.1, -0.05) is 23.6 Å². The number of pyridine rings is 1. The minimum absolute atomic E-state index is 0.0479. The third-order valence-corrected chi connectivity index (χ3v) is 6.19. The summed E-state index contributed by atoms with van der Waals surface area (Å²) in [5.41, 5.74) is -3.90. The maximum atomic E-state index is 13.0. The Morgan fingerprint density at radius 2 is 2.03 bits per heavy atom. The van der Waals surface area contributed by atoms with E-state index in [4.69, 9.17) is 16.3 Å². The number of ether oxygens (including phenoxy) is 1. The Kier molecular flexibility index (Phi) is 6.64. The highest BCUT2D eigenvalue weighted by Gasteiger charge is 2.32. The molecule has 3 rings (SSSR count). The zero-order chi connectivity index (χ0) is 22.8. The third-order valence-electron chi connectivity index (χ3n) is 3.96. The molecule has 31 heavy (non-hydrogen) atoms. The molecule has 3 aromatic rings. The van der Waals surface area contributed by atoms with E-state index in [0.29, 0.717) is 5.69 Å². The van der Waals surface area contributed by atoms with Crippen LogP contribution in [0.1, 0.15) is 5.69 Å². The van der Waals surface area contributed by atoms with Crippen LogP contribution in [0.5, 0.6) is 5.75 Å². The molecule has 6 nitrogen and oxygen atoms in total. The number of alkyl halides is 3. The lowest BCUT2D eigenvalue weighted by Crippen LogP contribution is -2.03. The number of thioether (sulfide) groups is 1. The topological polar surface area (TPSA) is 72.7 Å². The van der Waals surface area contributed by atoms with E-state index in [9.17, 15) is 21.6 Å². The average molecular weight is 490 g/mol. The van der Waals surface area contributed by atoms with Crippen LogP contribution in [0.25, 0.3) is 5.52 Å². The number of rotatable bonds is 5. The van der Waals surface area contributed by atoms with Gasteiger partial charge in [-0.15, -0.1) is 0 Å². The molecule has 0 spiro atoms. The Balaban J connectivity index is 1.86. The molecule has 0 aliphatic rings. The van der Waals surface area contributed by atoms with Crippen molar-refractivity contribution in [2.24, 2.45) is 0 Å². The number of sulfone groups is 1. The van der Waals surface area contributed by atoms with E-state index in [-0.39, 0.29) is 50.2 Å². The first-order valence-electron chi connectivity index (χ1n) is 8.53. The van der Waals surface area contributed by atoms with Crippen molar-refractivity contribution in [3.8, 4) is 17.6 Å². The minimum atomic E-state index is -4.52. The number of nitrogens with one attached hydrogen (secondary N) is 1. The highest BCUT2D eigenvalue weighted by molar-refractivity contribution is 8.00. The molecule has 0 saturated carbocycles. The number of nitrogens with zero attached hydrogens (tertiary/aromatic N) is 2. The Bertz CT molecular complexity index is 1300. The summed E-state index contributed by atoms with van der Waals surface area (Å²) in [7, 11) is -2.01. The molecule has 0 bridgehead atoms. The number of benzene rings is 1. The molecular formula is C19H15ClF3N3O3S2. The Hall–Kier alpha value is -2.55. The van der Waals surface area contributed by atoms with E-state index >= 15 is 0 Å². The van der Waals surface area contributed by atoms with Crippen LogP contribution in [-0.2, 0) is 9.84 Å². The molecule has 0 saturated heterocycles. The van der Waals surface area contributed by atoms with Crippen LogP contribution in [0.4, 0.5) is 18.9 Å². The van der Waals surface area contributed by atoms with Gasteiger partial charge in [-0.05, 0) is 41.9 Å². The van der Waals surface area contributed by atoms with Gasteiger partial charge in [0.1, 0.15) is 16.6 Å². The lowest BCUT2D eigenvalue weighted by Gasteiger charge is -2.10. The number of anilines is 1. The van der Waals surface area contributed by atoms with Crippen molar-refractivity contribution in [2.45, 2.75) is 15.3 Å². The molecule has 2 aromatic heterocycles. The van der Waals surface area contributed by atoms with Crippen LogP contribution >= 0.6 is 23.4 Å². The number of fused-ring (bicyclic) bond motifs is 1. The van der Waals surface area contributed by atoms with Crippen molar-refractivity contribution in [1.82, 2.24) is 9.61 Å². The van der Waals surface area contributed by atoms with Gasteiger partial charge < -0.3 is 10.1 Å². The summed E-state index contributed by atoms with van der Waals surface area (Å²) in [5, 5.41) is 7.18. The van der Waals surface area contributed by atoms with Crippen molar-refractivity contribution < 1.29 is 26.3 Å². The predicted molar refractivity (Wildman–Crippen MR) is 114 cm³/mol. The van der Waals surface area contributed by atoms with Crippen LogP contribution in [0, 0.1) is 11.8 Å². The molecule has 1 N–H and O–H groups in total. The van der Waals surface area contributed by atoms with Gasteiger partial charge in [0.2, 0.25) is 0 Å². The summed E-state index contributed by atoms with van der Waals surface area (Å²) in [4.78, 5) is -0.0473. The van der Waals surface area contributed by atoms with E-state index in [2.05, 4.69) is 22.3 Å². The molecule has 164 valence electrons. The van der Waals surface area contributed by atoms with Gasteiger partial charge in [-0.3, -0.25) is 0 Å². The van der Waals surface area contributed by atoms with Crippen molar-refractivity contribution in [3.05, 3.63) is 47.2 Å². The zero-order valence-corrected chi connectivity index (χ0v) is 18.5. The van der Waals surface area contributed by atoms with Gasteiger partial charge in [0.05, 0.1) is 34.6 Å². The lowest BCUT2D eigenvalue weighted by molar-refractivity contribution is -0.0327. The molecule has 0 aliphatic carbocycles. The first-order valence-corrected chi connectivity index (χ1v) is 11.6. The van der Waals surface area contributed by atoms with Gasteiger partial charge in [0, 0.05) is 12.3 Å². The van der Waals surface area contributed by atoms with E-state index in [0.717, 1.165) is 6.26 Å². The molecule has 12 heteroatoms. The van der Waals surface area contributed by atoms with Gasteiger partial charge in [-0.2, -0.15) is 18.3 Å². The van der Waals surface area contributed by atoms with Gasteiger partial charge >= 0.3 is 5.51 Å². The molecule has 0 unspecified atom stereocenters. The van der Waals surface area contributed by atoms with Gasteiger partial charge in [0.15, 0.2) is 9.84 Å². The summed E-state index contributed by atoms with van der Waals surface area (Å²) in [6, 6.07) is 8.82. The van der Waals surface area contributed by atoms with Crippen LogP contribution in [0.3, 0.4) is 0 Å². The van der Waals surface area contributed by atoms with Gasteiger partial charge in [-0.25, -0.2) is 12.9 Å². The SMILES string of the molecule is COc1cc(S(C)(=O)=O)ccc1NCC#Cc1nn2c(Cl)cccc2c1SC(F)(F)F. The zero-order valence-electron chi connectivity index (χ0n) is 16.1. The third kappa shape index (κ3) is 5.58. The van der Waals surface area contributed by atoms with Crippen LogP contribution < -0.4 is 10.1 Å². The predicted octanol–water partition coefficient (Wildman–Crippen LogP) is 4.48. The van der Waals surface area contributed by atoms with Crippen LogP contribution in [-0.4, -0.2) is 43.5 Å². The van der Waals surface area contributed by atoms with E-state index in [1.165, 1.54) is 48.0 Å². The molecule has 0 fully saturated rings. The average Bonchev–Trinajstić information content (AvgIpc) is 3.02. The summed E-state index contributed by atoms with van der Waals surface area (Å²) in [6.45, 7) is 0.0479. The van der Waals surface area contributed by atoms with Crippen molar-refractivity contribution in [3.63, 3.8) is 0 Å². The largest absolute Gasteiger partial charge is 0.495 e. The summed E-state index contributed by atoms with van der Waals surface area (Å²) >= 11 is 5.72. The fourth-order valence-corrected chi connectivity index (χ4v) is 4.15. The van der Waals surface area contributed by atoms with E-state index < -0.39 is 15.3 Å². The molecule has 0 amide bonds. The fraction of sp³-hybridized carbons (Fsp3) is 0.211. The van der Waals surface area contributed by atoms with Crippen LogP contribution in [0.15, 0.2) is 46.2 Å². The quantitative estimate of drug-likeness (QED) is 0.324. The van der Waals surface area contributed by atoms with Gasteiger partial charge in [0.25, 0.3) is 0 Å². The molecule has 0 atom stereocenters. The molecule has 2 heterocycles. The Morgan fingerprint density at radius 1 is 1.29 bits per heavy atom. The summed E-state index contributed by atoms with van der Waals surface area (Å²) in [6.07, 6.45) is 1.08. The highest BCUT2D eigenvalue weighted by Crippen LogP contribution is 2.41. The number of methoxy groups -OCH3 is 1. The standard InChI is InChI=1S/C19H15ClF3N3O3S2/c1-29-16-11-12(31(2,27)28)8-9-13(16)24-10-4-5-14-18(30-19(21,22)23)15-6-3-7-17(20)26(15)25-14/h3,6-9,11,24H,10H2,1-2H3. The number of halogens is 4. The second-order valence-electron chi connectivity index (χ2n) is 6.16. The monoisotopic (exact) mass is 489 g/mol. The smallest absolute Gasteiger partial charge is 0.446 e. The molecule has 1 aromatic carbocycles. The minimum Gasteiger partial charge on any atom is -0.495 e. The highest BCUT2D eigenvalue weighted by atomic mass is 35.5. The molecular weight excluding hydrogens is 475 g/mol. The Morgan fingerprint density at radius 3 is 2.68 bits per heavy atom. The number of aromatic nitrogens is 2. The summed E-state index contributed by atoms with van der Waals surface area (Å²) in [5.74, 6) is 5.64. The second-order valence-corrected chi connectivity index (χ2v) is 9.64. The first-order chi connectivity index (χ1) is 14.5. The maximum absolute atomic E-state index is 13.0. The van der Waals surface area contributed by atoms with Crippen molar-refractivity contribution in [1.29, 1.82) is 0 Å². The van der Waals surface area contributed by atoms with Crippen molar-refractivity contribution in [2.75, 3.05) is 25.2 Å². The lowest BCUT2D eigenvalue weighted by atomic mass is 10.3. The van der Waals surface area contributed by atoms with E-state index in [1.54, 1.807) is 0 Å². The number of hydrogen-bond donors (Lipinski definition) is 1. The second kappa shape index (κ2) is 8.90. The number of hydrogen-bond acceptors (Lipinski definition) is 6. The van der Waals surface area contributed by atoms with Crippen molar-refractivity contribution >= 4 is 44.4 Å². The van der Waals surface area contributed by atoms with Crippen LogP contribution in [0.2, 0.25) is 5.15 Å².